The average Bonchev–Trinajstić information content (AvgIpc) is 3.17. The van der Waals surface area contributed by atoms with Crippen LogP contribution in [0.2, 0.25) is 0 Å². The number of likely N-dealkylation sites (tertiary alicyclic amines) is 1. The summed E-state index contributed by atoms with van der Waals surface area (Å²) in [5.41, 5.74) is 1.90. The summed E-state index contributed by atoms with van der Waals surface area (Å²) < 4.78 is 11.0. The van der Waals surface area contributed by atoms with Crippen molar-refractivity contribution in [3.05, 3.63) is 54.1 Å². The Balaban J connectivity index is 1.54. The van der Waals surface area contributed by atoms with Crippen molar-refractivity contribution in [2.24, 2.45) is 0 Å². The van der Waals surface area contributed by atoms with E-state index in [0.29, 0.717) is 16.8 Å². The van der Waals surface area contributed by atoms with Gasteiger partial charge in [-0.3, -0.25) is 4.79 Å². The molecule has 4 rings (SSSR count). The molecule has 30 heavy (non-hydrogen) atoms. The lowest BCUT2D eigenvalue weighted by Gasteiger charge is -2.40. The number of hydrogen-bond donors (Lipinski definition) is 0. The van der Waals surface area contributed by atoms with Gasteiger partial charge in [0.05, 0.1) is 10.9 Å². The third-order valence-corrected chi connectivity index (χ3v) is 5.83. The fourth-order valence-corrected chi connectivity index (χ4v) is 4.21. The number of carbonyl (C=O) groups excluding carboxylic acids is 2. The van der Waals surface area contributed by atoms with Gasteiger partial charge in [0.25, 0.3) is 5.91 Å². The topological polar surface area (TPSA) is 72.6 Å². The molecule has 0 bridgehead atoms. The van der Waals surface area contributed by atoms with Crippen LogP contribution in [-0.2, 0) is 9.53 Å². The van der Waals surface area contributed by atoms with Crippen molar-refractivity contribution in [1.82, 2.24) is 10.1 Å². The maximum atomic E-state index is 12.9. The zero-order valence-corrected chi connectivity index (χ0v) is 17.5. The van der Waals surface area contributed by atoms with Crippen LogP contribution in [0.3, 0.4) is 0 Å². The Kier molecular flexibility index (Phi) is 5.57. The van der Waals surface area contributed by atoms with E-state index in [2.05, 4.69) is 5.16 Å². The highest BCUT2D eigenvalue weighted by Gasteiger charge is 2.33. The van der Waals surface area contributed by atoms with Crippen molar-refractivity contribution in [2.75, 3.05) is 0 Å². The number of fused-ring (bicyclic) bond motifs is 1. The molecule has 6 nitrogen and oxygen atoms in total. The third kappa shape index (κ3) is 3.82. The Labute approximate surface area is 175 Å². The zero-order valence-electron chi connectivity index (χ0n) is 17.5. The molecule has 1 fully saturated rings. The number of hydrogen-bond acceptors (Lipinski definition) is 5. The fraction of sp³-hybridized carbons (Fsp3) is 0.375. The van der Waals surface area contributed by atoms with Gasteiger partial charge in [-0.2, -0.15) is 0 Å². The van der Waals surface area contributed by atoms with E-state index < -0.39 is 12.1 Å². The summed E-state index contributed by atoms with van der Waals surface area (Å²) >= 11 is 0. The van der Waals surface area contributed by atoms with Crippen LogP contribution < -0.4 is 0 Å². The summed E-state index contributed by atoms with van der Waals surface area (Å²) in [5, 5.41) is 4.80. The lowest BCUT2D eigenvalue weighted by molar-refractivity contribution is -0.146. The first kappa shape index (κ1) is 20.1. The van der Waals surface area contributed by atoms with Crippen molar-refractivity contribution in [3.8, 4) is 11.3 Å². The molecule has 1 saturated heterocycles. The Morgan fingerprint density at radius 1 is 1.10 bits per heavy atom. The second kappa shape index (κ2) is 8.30. The first-order chi connectivity index (χ1) is 14.5. The quantitative estimate of drug-likeness (QED) is 0.580. The number of nitrogens with zero attached hydrogens (tertiary/aromatic N) is 2. The summed E-state index contributed by atoms with van der Waals surface area (Å²) in [6, 6.07) is 15.0. The molecule has 156 valence electrons. The molecule has 2 aromatic carbocycles. The third-order valence-electron chi connectivity index (χ3n) is 5.83. The number of carbonyl (C=O) groups is 2. The van der Waals surface area contributed by atoms with Crippen molar-refractivity contribution >= 4 is 22.8 Å². The molecule has 0 N–H and O–H groups in total. The highest BCUT2D eigenvalue weighted by molar-refractivity contribution is 5.99. The first-order valence-electron chi connectivity index (χ1n) is 10.4. The Hall–Kier alpha value is -3.15. The van der Waals surface area contributed by atoms with Gasteiger partial charge in [-0.25, -0.2) is 4.79 Å². The number of rotatable bonds is 4. The predicted octanol–water partition coefficient (Wildman–Crippen LogP) is 4.83. The lowest BCUT2D eigenvalue weighted by Crippen LogP contribution is -2.51. The van der Waals surface area contributed by atoms with E-state index in [4.69, 9.17) is 9.26 Å². The molecular weight excluding hydrogens is 380 g/mol. The van der Waals surface area contributed by atoms with Gasteiger partial charge in [0.1, 0.15) is 5.52 Å². The monoisotopic (exact) mass is 406 g/mol. The Morgan fingerprint density at radius 2 is 1.80 bits per heavy atom. The van der Waals surface area contributed by atoms with E-state index in [1.54, 1.807) is 25.1 Å². The number of benzene rings is 2. The van der Waals surface area contributed by atoms with Gasteiger partial charge < -0.3 is 14.2 Å². The predicted molar refractivity (Wildman–Crippen MR) is 114 cm³/mol. The number of amides is 1. The molecule has 0 unspecified atom stereocenters. The van der Waals surface area contributed by atoms with Crippen molar-refractivity contribution in [3.63, 3.8) is 0 Å². The van der Waals surface area contributed by atoms with E-state index in [0.717, 1.165) is 30.2 Å². The molecule has 0 saturated carbocycles. The van der Waals surface area contributed by atoms with Crippen molar-refractivity contribution in [1.29, 1.82) is 0 Å². The van der Waals surface area contributed by atoms with Crippen LogP contribution in [-0.4, -0.2) is 40.1 Å². The van der Waals surface area contributed by atoms with Gasteiger partial charge in [-0.1, -0.05) is 35.5 Å². The summed E-state index contributed by atoms with van der Waals surface area (Å²) in [4.78, 5) is 27.6. The highest BCUT2D eigenvalue weighted by atomic mass is 16.5. The minimum Gasteiger partial charge on any atom is -0.449 e. The van der Waals surface area contributed by atoms with Gasteiger partial charge in [-0.05, 0) is 58.2 Å². The Morgan fingerprint density at radius 3 is 2.50 bits per heavy atom. The number of ether oxygens (including phenoxy) is 1. The van der Waals surface area contributed by atoms with Gasteiger partial charge in [0.2, 0.25) is 0 Å². The average molecular weight is 406 g/mol. The Bertz CT molecular complexity index is 1050. The smallest absolute Gasteiger partial charge is 0.338 e. The van der Waals surface area contributed by atoms with Crippen LogP contribution in [0.15, 0.2) is 53.1 Å². The number of esters is 1. The van der Waals surface area contributed by atoms with Crippen LogP contribution in [0.5, 0.6) is 0 Å². The van der Waals surface area contributed by atoms with E-state index >= 15 is 0 Å². The minimum absolute atomic E-state index is 0.140. The molecular formula is C24H26N2O4. The molecule has 1 aliphatic heterocycles. The molecule has 0 spiro atoms. The molecule has 0 aliphatic carbocycles. The maximum Gasteiger partial charge on any atom is 0.338 e. The van der Waals surface area contributed by atoms with Crippen LogP contribution in [0, 0.1) is 0 Å². The zero-order chi connectivity index (χ0) is 21.3. The number of piperidine rings is 1. The van der Waals surface area contributed by atoms with Crippen LogP contribution >= 0.6 is 0 Å². The number of aromatic nitrogens is 1. The van der Waals surface area contributed by atoms with Crippen LogP contribution in [0.25, 0.3) is 22.2 Å². The summed E-state index contributed by atoms with van der Waals surface area (Å²) in [6.07, 6.45) is 2.22. The molecule has 1 aromatic heterocycles. The SMILES string of the molecule is C[C@@H](OC(=O)c1ccc2noc(-c3ccccc3)c2c1)C(=O)N1[C@@H](C)CCC[C@@H]1C. The standard InChI is InChI=1S/C24H26N2O4/c1-15-8-7-9-16(2)26(15)23(27)17(3)29-24(28)19-12-13-21-20(14-19)22(30-25-21)18-10-5-4-6-11-18/h4-6,10-17H,7-9H2,1-3H3/t15-,16-,17+/m0/s1. The maximum absolute atomic E-state index is 12.9. The van der Waals surface area contributed by atoms with Crippen molar-refractivity contribution in [2.45, 2.75) is 58.2 Å². The van der Waals surface area contributed by atoms with E-state index in [9.17, 15) is 9.59 Å². The van der Waals surface area contributed by atoms with Gasteiger partial charge in [-0.15, -0.1) is 0 Å². The summed E-state index contributed by atoms with van der Waals surface area (Å²) in [6.45, 7) is 5.74. The van der Waals surface area contributed by atoms with Crippen molar-refractivity contribution < 1.29 is 18.8 Å². The molecule has 1 amide bonds. The van der Waals surface area contributed by atoms with E-state index in [1.165, 1.54) is 0 Å². The second-order valence-corrected chi connectivity index (χ2v) is 8.03. The van der Waals surface area contributed by atoms with Crippen LogP contribution in [0.1, 0.15) is 50.4 Å². The molecule has 2 heterocycles. The molecule has 3 aromatic rings. The summed E-state index contributed by atoms with van der Waals surface area (Å²) in [7, 11) is 0. The molecule has 1 aliphatic rings. The highest BCUT2D eigenvalue weighted by Crippen LogP contribution is 2.29. The van der Waals surface area contributed by atoms with Gasteiger partial charge >= 0.3 is 5.97 Å². The fourth-order valence-electron chi connectivity index (χ4n) is 4.21. The molecule has 6 heteroatoms. The van der Waals surface area contributed by atoms with Gasteiger partial charge in [0.15, 0.2) is 11.9 Å². The molecule has 3 atom stereocenters. The lowest BCUT2D eigenvalue weighted by atomic mass is 9.97. The second-order valence-electron chi connectivity index (χ2n) is 8.03. The van der Waals surface area contributed by atoms with Crippen LogP contribution in [0.4, 0.5) is 0 Å². The van der Waals surface area contributed by atoms with Gasteiger partial charge in [0, 0.05) is 17.6 Å². The van der Waals surface area contributed by atoms with E-state index in [-0.39, 0.29) is 18.0 Å². The van der Waals surface area contributed by atoms with E-state index in [1.807, 2.05) is 49.1 Å². The minimum atomic E-state index is -0.840. The summed E-state index contributed by atoms with van der Waals surface area (Å²) in [5.74, 6) is -0.0744. The normalized spacial score (nSPS) is 20.2. The first-order valence-corrected chi connectivity index (χ1v) is 10.4. The molecule has 0 radical (unpaired) electrons. The largest absolute Gasteiger partial charge is 0.449 e.